The number of fused-ring (bicyclic) bond motifs is 2. The monoisotopic (exact) mass is 1070 g/mol. The van der Waals surface area contributed by atoms with Crippen LogP contribution in [0.2, 0.25) is 0 Å². The van der Waals surface area contributed by atoms with E-state index in [1.165, 1.54) is 73.7 Å². The number of hydrogen-bond acceptors (Lipinski definition) is 14. The summed E-state index contributed by atoms with van der Waals surface area (Å²) in [4.78, 5) is 105. The first-order chi connectivity index (χ1) is 37.0. The van der Waals surface area contributed by atoms with Crippen LogP contribution in [-0.4, -0.2) is 167 Å². The van der Waals surface area contributed by atoms with E-state index in [-0.39, 0.29) is 69.5 Å². The number of nitrogens with one attached hydrogen (secondary N) is 5. The number of amides is 7. The average Bonchev–Trinajstić information content (AvgIpc) is 4.03. The van der Waals surface area contributed by atoms with Gasteiger partial charge in [0.1, 0.15) is 36.0 Å². The van der Waals surface area contributed by atoms with E-state index in [1.807, 2.05) is 12.1 Å². The van der Waals surface area contributed by atoms with Crippen LogP contribution in [0.3, 0.4) is 0 Å². The molecule has 3 aromatic carbocycles. The van der Waals surface area contributed by atoms with Gasteiger partial charge in [0.25, 0.3) is 11.8 Å². The molecule has 4 saturated heterocycles. The van der Waals surface area contributed by atoms with E-state index in [2.05, 4.69) is 67.6 Å². The van der Waals surface area contributed by atoms with Crippen molar-refractivity contribution in [2.45, 2.75) is 152 Å². The standard InChI is InChI=1S/C56H79N11O10/c1-3-4-5-6-7-8-10-36-12-19-40(20-13-36)64-27-29-65(30-28-64)41-21-17-38(18-22-41)50(71)60-44-11-9-26-59-53(74)46-31-39(57)33-66(46)56(77)49(58)63-52(73)45(25-16-37-14-23-42(69)24-15-37)61-54(75)47-32-43(70)34-67(47)55(76)48(35(2)68)62-51(44)72/h12-15,17-24,35,39,43-49,68-70H,3-11,16,25-34,57-58H2,1-2H3,(H,59,74)(H,60,71)(H,61,75)(H,62,72)(H,63,73)/t35-,39+,43-,44+,45+,46+,47+,48+,49-/m1/s1. The summed E-state index contributed by atoms with van der Waals surface area (Å²) in [5, 5.41) is 45.0. The van der Waals surface area contributed by atoms with Gasteiger partial charge in [0.05, 0.1) is 12.2 Å². The first-order valence-corrected chi connectivity index (χ1v) is 27.4. The van der Waals surface area contributed by atoms with Crippen molar-refractivity contribution in [2.24, 2.45) is 11.5 Å². The molecular formula is C56H79N11O10. The Morgan fingerprint density at radius 1 is 0.688 bits per heavy atom. The van der Waals surface area contributed by atoms with E-state index in [0.717, 1.165) is 43.2 Å². The molecule has 418 valence electrons. The van der Waals surface area contributed by atoms with Crippen LogP contribution in [0.15, 0.2) is 72.8 Å². The zero-order chi connectivity index (χ0) is 55.2. The minimum atomic E-state index is -1.66. The summed E-state index contributed by atoms with van der Waals surface area (Å²) >= 11 is 0. The van der Waals surface area contributed by atoms with E-state index in [4.69, 9.17) is 11.5 Å². The van der Waals surface area contributed by atoms with Crippen LogP contribution in [0.25, 0.3) is 0 Å². The highest BCUT2D eigenvalue weighted by molar-refractivity contribution is 6.00. The molecule has 9 atom stereocenters. The summed E-state index contributed by atoms with van der Waals surface area (Å²) in [6.45, 7) is 6.28. The lowest BCUT2D eigenvalue weighted by atomic mass is 10.0. The van der Waals surface area contributed by atoms with Crippen molar-refractivity contribution in [2.75, 3.05) is 55.6 Å². The fourth-order valence-electron chi connectivity index (χ4n) is 10.7. The highest BCUT2D eigenvalue weighted by atomic mass is 16.3. The predicted molar refractivity (Wildman–Crippen MR) is 290 cm³/mol. The number of aromatic hydroxyl groups is 1. The first kappa shape index (κ1) is 57.9. The Bertz CT molecular complexity index is 2490. The Balaban J connectivity index is 1.04. The number of aryl methyl sites for hydroxylation is 2. The van der Waals surface area contributed by atoms with Gasteiger partial charge in [-0.2, -0.15) is 0 Å². The van der Waals surface area contributed by atoms with Crippen molar-refractivity contribution in [3.05, 3.63) is 89.5 Å². The minimum absolute atomic E-state index is 0.00976. The molecule has 0 aliphatic carbocycles. The molecule has 77 heavy (non-hydrogen) atoms. The summed E-state index contributed by atoms with van der Waals surface area (Å²) in [5.74, 6) is -5.38. The van der Waals surface area contributed by atoms with Crippen LogP contribution >= 0.6 is 0 Å². The number of benzene rings is 3. The molecule has 0 aromatic heterocycles. The molecule has 7 amide bonds. The van der Waals surface area contributed by atoms with Crippen molar-refractivity contribution in [1.29, 1.82) is 0 Å². The molecule has 0 saturated carbocycles. The largest absolute Gasteiger partial charge is 0.508 e. The SMILES string of the molecule is CCCCCCCCc1ccc(N2CCN(c3ccc(C(=O)N[C@H]4CCCNC(=O)[C@@H]5C[C@H](N)CN5C(=O)[C@H](N)NC(=O)[C@H](CCc5ccc(O)cc5)NC(=O)[C@@H]5C[C@@H](O)CN5C(=O)[C@H]([C@@H](C)O)NC4=O)cc3)CC2)cc1. The summed E-state index contributed by atoms with van der Waals surface area (Å²) < 4.78 is 0. The van der Waals surface area contributed by atoms with Gasteiger partial charge >= 0.3 is 0 Å². The van der Waals surface area contributed by atoms with Gasteiger partial charge in [0.2, 0.25) is 29.5 Å². The van der Waals surface area contributed by atoms with Crippen LogP contribution < -0.4 is 47.9 Å². The molecule has 21 heteroatoms. The van der Waals surface area contributed by atoms with Crippen LogP contribution in [-0.2, 0) is 41.6 Å². The molecule has 12 N–H and O–H groups in total. The number of hydrogen-bond donors (Lipinski definition) is 10. The molecule has 0 bridgehead atoms. The maximum Gasteiger partial charge on any atom is 0.260 e. The molecule has 21 nitrogen and oxygen atoms in total. The lowest BCUT2D eigenvalue weighted by Crippen LogP contribution is -2.61. The number of aliphatic hydroxyl groups excluding tert-OH is 2. The number of phenolic OH excluding ortho intramolecular Hbond substituents is 1. The quantitative estimate of drug-likeness (QED) is 0.0947. The Labute approximate surface area is 450 Å². The van der Waals surface area contributed by atoms with Gasteiger partial charge in [-0.25, -0.2) is 0 Å². The average molecular weight is 1070 g/mol. The number of phenols is 1. The van der Waals surface area contributed by atoms with E-state index in [1.54, 1.807) is 24.3 Å². The van der Waals surface area contributed by atoms with Crippen LogP contribution in [0.5, 0.6) is 5.75 Å². The van der Waals surface area contributed by atoms with Crippen LogP contribution in [0, 0.1) is 0 Å². The van der Waals surface area contributed by atoms with E-state index in [9.17, 15) is 48.9 Å². The summed E-state index contributed by atoms with van der Waals surface area (Å²) in [6, 6.07) is 14.8. The van der Waals surface area contributed by atoms with E-state index in [0.29, 0.717) is 5.56 Å². The molecule has 0 radical (unpaired) electrons. The fourth-order valence-corrected chi connectivity index (χ4v) is 10.7. The molecule has 4 aliphatic rings. The molecule has 4 heterocycles. The lowest BCUT2D eigenvalue weighted by molar-refractivity contribution is -0.145. The zero-order valence-electron chi connectivity index (χ0n) is 44.4. The maximum absolute atomic E-state index is 14.4. The van der Waals surface area contributed by atoms with Gasteiger partial charge in [-0.15, -0.1) is 0 Å². The normalized spacial score (nSPS) is 25.7. The number of piperazine rings is 1. The number of nitrogens with two attached hydrogens (primary N) is 2. The second kappa shape index (κ2) is 27.5. The van der Waals surface area contributed by atoms with Crippen molar-refractivity contribution in [3.8, 4) is 5.75 Å². The third-order valence-electron chi connectivity index (χ3n) is 15.2. The van der Waals surface area contributed by atoms with Gasteiger partial charge in [-0.3, -0.25) is 33.6 Å². The van der Waals surface area contributed by atoms with Gasteiger partial charge in [-0.1, -0.05) is 63.3 Å². The van der Waals surface area contributed by atoms with E-state index < -0.39 is 96.0 Å². The Kier molecular flexibility index (Phi) is 20.7. The summed E-state index contributed by atoms with van der Waals surface area (Å²) in [6.07, 6.45) is 4.42. The van der Waals surface area contributed by atoms with Gasteiger partial charge in [-0.05, 0) is 112 Å². The van der Waals surface area contributed by atoms with Crippen molar-refractivity contribution in [3.63, 3.8) is 0 Å². The summed E-state index contributed by atoms with van der Waals surface area (Å²) in [7, 11) is 0. The smallest absolute Gasteiger partial charge is 0.260 e. The molecule has 4 aliphatic heterocycles. The minimum Gasteiger partial charge on any atom is -0.508 e. The number of aliphatic hydroxyl groups is 2. The van der Waals surface area contributed by atoms with Crippen molar-refractivity contribution < 1.29 is 48.9 Å². The fraction of sp³-hybridized carbons (Fsp3) is 0.554. The van der Waals surface area contributed by atoms with E-state index >= 15 is 0 Å². The van der Waals surface area contributed by atoms with Gasteiger partial charge in [0, 0.05) is 75.2 Å². The topological polar surface area (TPSA) is 305 Å². The molecular weight excluding hydrogens is 987 g/mol. The number of nitrogens with zero attached hydrogens (tertiary/aromatic N) is 4. The molecule has 0 unspecified atom stereocenters. The Hall–Kier alpha value is -6.81. The number of rotatable bonds is 15. The summed E-state index contributed by atoms with van der Waals surface area (Å²) in [5.41, 5.74) is 17.0. The van der Waals surface area contributed by atoms with Crippen molar-refractivity contribution in [1.82, 2.24) is 36.4 Å². The second-order valence-corrected chi connectivity index (χ2v) is 21.0. The number of anilines is 2. The molecule has 4 fully saturated rings. The zero-order valence-corrected chi connectivity index (χ0v) is 44.4. The Morgan fingerprint density at radius 3 is 1.92 bits per heavy atom. The third kappa shape index (κ3) is 15.7. The predicted octanol–water partition coefficient (Wildman–Crippen LogP) is 0.904. The highest BCUT2D eigenvalue weighted by Crippen LogP contribution is 2.25. The Morgan fingerprint density at radius 2 is 1.27 bits per heavy atom. The van der Waals surface area contributed by atoms with Crippen LogP contribution in [0.4, 0.5) is 11.4 Å². The second-order valence-electron chi connectivity index (χ2n) is 21.0. The molecule has 3 aromatic rings. The molecule has 0 spiro atoms. The third-order valence-corrected chi connectivity index (χ3v) is 15.2. The number of carbonyl (C=O) groups excluding carboxylic acids is 7. The highest BCUT2D eigenvalue weighted by Gasteiger charge is 2.45. The molecule has 7 rings (SSSR count). The van der Waals surface area contributed by atoms with Crippen LogP contribution in [0.1, 0.15) is 106 Å². The first-order valence-electron chi connectivity index (χ1n) is 27.4. The number of carbonyl (C=O) groups is 7. The lowest BCUT2D eigenvalue weighted by Gasteiger charge is -2.37. The van der Waals surface area contributed by atoms with Gasteiger partial charge in [0.15, 0.2) is 6.17 Å². The van der Waals surface area contributed by atoms with Crippen molar-refractivity contribution >= 4 is 52.7 Å². The van der Waals surface area contributed by atoms with Gasteiger partial charge < -0.3 is 73.0 Å². The number of unbranched alkanes of at least 4 members (excludes halogenated alkanes) is 5. The maximum atomic E-state index is 14.4.